The minimum atomic E-state index is -0.569. The molecular formula is C20H20ClF2N2+. The molecule has 0 aliphatic carbocycles. The largest absolute Gasteiger partial charge is 0.336 e. The van der Waals surface area contributed by atoms with Crippen LogP contribution >= 0.6 is 11.6 Å². The Kier molecular flexibility index (Phi) is 5.02. The molecule has 25 heavy (non-hydrogen) atoms. The number of nitrogens with zero attached hydrogens (tertiary/aromatic N) is 1. The van der Waals surface area contributed by atoms with Gasteiger partial charge in [-0.15, -0.1) is 0 Å². The van der Waals surface area contributed by atoms with E-state index in [1.54, 1.807) is 0 Å². The number of rotatable bonds is 4. The maximum atomic E-state index is 13.9. The first-order valence-electron chi connectivity index (χ1n) is 8.20. The van der Waals surface area contributed by atoms with Crippen LogP contribution in [0.25, 0.3) is 10.9 Å². The van der Waals surface area contributed by atoms with E-state index in [2.05, 4.69) is 11.1 Å². The second-order valence-corrected chi connectivity index (χ2v) is 6.77. The predicted octanol–water partition coefficient (Wildman–Crippen LogP) is 4.61. The highest BCUT2D eigenvalue weighted by molar-refractivity contribution is 6.30. The van der Waals surface area contributed by atoms with Gasteiger partial charge in [0.1, 0.15) is 29.4 Å². The van der Waals surface area contributed by atoms with Gasteiger partial charge in [-0.3, -0.25) is 0 Å². The van der Waals surface area contributed by atoms with Gasteiger partial charge in [0, 0.05) is 22.6 Å². The van der Waals surface area contributed by atoms with Crippen LogP contribution in [-0.2, 0) is 6.54 Å². The van der Waals surface area contributed by atoms with Crippen LogP contribution in [0.3, 0.4) is 0 Å². The molecule has 0 bridgehead atoms. The molecule has 1 aromatic heterocycles. The quantitative estimate of drug-likeness (QED) is 0.676. The molecule has 3 aromatic rings. The Morgan fingerprint density at radius 3 is 2.60 bits per heavy atom. The summed E-state index contributed by atoms with van der Waals surface area (Å²) in [6.07, 6.45) is 0. The van der Waals surface area contributed by atoms with Crippen molar-refractivity contribution in [2.24, 2.45) is 0 Å². The van der Waals surface area contributed by atoms with Gasteiger partial charge >= 0.3 is 0 Å². The zero-order valence-corrected chi connectivity index (χ0v) is 15.2. The zero-order chi connectivity index (χ0) is 18.1. The van der Waals surface area contributed by atoms with Crippen LogP contribution in [0.5, 0.6) is 0 Å². The Morgan fingerprint density at radius 2 is 1.88 bits per heavy atom. The van der Waals surface area contributed by atoms with E-state index in [-0.39, 0.29) is 6.04 Å². The van der Waals surface area contributed by atoms with Crippen molar-refractivity contribution < 1.29 is 14.1 Å². The van der Waals surface area contributed by atoms with E-state index < -0.39 is 11.6 Å². The Hall–Kier alpha value is -2.04. The number of aryl methyl sites for hydroxylation is 2. The third-order valence-corrected chi connectivity index (χ3v) is 5.01. The van der Waals surface area contributed by atoms with Gasteiger partial charge in [0.05, 0.1) is 5.52 Å². The number of pyridine rings is 1. The topological polar surface area (TPSA) is 29.5 Å². The number of halogens is 3. The van der Waals surface area contributed by atoms with E-state index in [9.17, 15) is 8.78 Å². The summed E-state index contributed by atoms with van der Waals surface area (Å²) in [6, 6.07) is 9.64. The summed E-state index contributed by atoms with van der Waals surface area (Å²) < 4.78 is 26.9. The molecular weight excluding hydrogens is 342 g/mol. The summed E-state index contributed by atoms with van der Waals surface area (Å²) in [5.41, 5.74) is 4.57. The minimum absolute atomic E-state index is 0.160. The lowest BCUT2D eigenvalue weighted by Gasteiger charge is -2.13. The standard InChI is InChI=1S/C20H19ClF2N2/c1-11-4-5-14-8-15(20(21)25-19(14)12(11)2)10-24-13(3)17-7-6-16(22)9-18(17)23/h4-9,13,24H,10H2,1-3H3/p+1/t13-/m0/s1. The summed E-state index contributed by atoms with van der Waals surface area (Å²) >= 11 is 6.35. The molecule has 130 valence electrons. The minimum Gasteiger partial charge on any atom is -0.336 e. The predicted molar refractivity (Wildman–Crippen MR) is 96.6 cm³/mol. The lowest BCUT2D eigenvalue weighted by Crippen LogP contribution is -2.83. The maximum absolute atomic E-state index is 13.9. The van der Waals surface area contributed by atoms with E-state index >= 15 is 0 Å². The molecule has 1 atom stereocenters. The highest BCUT2D eigenvalue weighted by atomic mass is 35.5. The molecule has 2 nitrogen and oxygen atoms in total. The van der Waals surface area contributed by atoms with E-state index in [1.807, 2.05) is 38.2 Å². The molecule has 0 aliphatic rings. The lowest BCUT2D eigenvalue weighted by molar-refractivity contribution is -0.708. The van der Waals surface area contributed by atoms with Crippen molar-refractivity contribution in [3.63, 3.8) is 0 Å². The van der Waals surface area contributed by atoms with Crippen molar-refractivity contribution in [3.8, 4) is 0 Å². The molecule has 0 saturated heterocycles. The molecule has 0 amide bonds. The fourth-order valence-corrected chi connectivity index (χ4v) is 3.16. The van der Waals surface area contributed by atoms with Gasteiger partial charge in [-0.25, -0.2) is 13.8 Å². The molecule has 3 rings (SSSR count). The van der Waals surface area contributed by atoms with Gasteiger partial charge in [0.2, 0.25) is 0 Å². The fourth-order valence-electron chi connectivity index (χ4n) is 2.95. The number of benzene rings is 2. The van der Waals surface area contributed by atoms with E-state index in [0.29, 0.717) is 17.3 Å². The Morgan fingerprint density at radius 1 is 1.12 bits per heavy atom. The average molecular weight is 362 g/mol. The molecule has 0 spiro atoms. The second-order valence-electron chi connectivity index (χ2n) is 6.41. The van der Waals surface area contributed by atoms with Gasteiger partial charge in [0.25, 0.3) is 0 Å². The average Bonchev–Trinajstić information content (AvgIpc) is 2.57. The van der Waals surface area contributed by atoms with Crippen molar-refractivity contribution in [3.05, 3.63) is 75.4 Å². The summed E-state index contributed by atoms with van der Waals surface area (Å²) in [7, 11) is 0. The third-order valence-electron chi connectivity index (χ3n) is 4.68. The van der Waals surface area contributed by atoms with Crippen LogP contribution in [0.2, 0.25) is 5.15 Å². The molecule has 0 fully saturated rings. The molecule has 2 N–H and O–H groups in total. The van der Waals surface area contributed by atoms with Crippen molar-refractivity contribution in [1.82, 2.24) is 4.98 Å². The normalized spacial score (nSPS) is 12.6. The molecule has 1 heterocycles. The van der Waals surface area contributed by atoms with Crippen LogP contribution in [0.4, 0.5) is 8.78 Å². The SMILES string of the molecule is Cc1ccc2cc(C[NH2+][C@@H](C)c3ccc(F)cc3F)c(Cl)nc2c1C. The summed E-state index contributed by atoms with van der Waals surface area (Å²) in [6.45, 7) is 6.52. The van der Waals surface area contributed by atoms with Crippen LogP contribution in [0.15, 0.2) is 36.4 Å². The first-order chi connectivity index (χ1) is 11.9. The number of quaternary nitrogens is 1. The molecule has 5 heteroatoms. The van der Waals surface area contributed by atoms with Gasteiger partial charge < -0.3 is 5.32 Å². The zero-order valence-electron chi connectivity index (χ0n) is 14.4. The Bertz CT molecular complexity index is 941. The molecule has 2 aromatic carbocycles. The fraction of sp³-hybridized carbons (Fsp3) is 0.250. The van der Waals surface area contributed by atoms with E-state index in [1.165, 1.54) is 17.7 Å². The number of hydrogen-bond donors (Lipinski definition) is 1. The monoisotopic (exact) mass is 361 g/mol. The molecule has 0 saturated carbocycles. The Labute approximate surface area is 150 Å². The van der Waals surface area contributed by atoms with Gasteiger partial charge in [-0.2, -0.15) is 0 Å². The summed E-state index contributed by atoms with van der Waals surface area (Å²) in [5.74, 6) is -1.10. The van der Waals surface area contributed by atoms with Crippen LogP contribution in [0, 0.1) is 25.5 Å². The van der Waals surface area contributed by atoms with Crippen molar-refractivity contribution in [2.45, 2.75) is 33.4 Å². The van der Waals surface area contributed by atoms with Gasteiger partial charge in [0.15, 0.2) is 0 Å². The maximum Gasteiger partial charge on any atom is 0.138 e. The first kappa shape index (κ1) is 17.8. The van der Waals surface area contributed by atoms with Crippen molar-refractivity contribution in [1.29, 1.82) is 0 Å². The first-order valence-corrected chi connectivity index (χ1v) is 8.58. The van der Waals surface area contributed by atoms with Crippen LogP contribution in [0.1, 0.15) is 35.2 Å². The smallest absolute Gasteiger partial charge is 0.138 e. The third kappa shape index (κ3) is 3.65. The molecule has 0 aliphatic heterocycles. The van der Waals surface area contributed by atoms with Crippen molar-refractivity contribution in [2.75, 3.05) is 0 Å². The molecule has 0 radical (unpaired) electrons. The Balaban J connectivity index is 1.83. The van der Waals surface area contributed by atoms with E-state index in [0.717, 1.165) is 28.1 Å². The number of nitrogens with two attached hydrogens (primary N) is 1. The van der Waals surface area contributed by atoms with Crippen LogP contribution < -0.4 is 5.32 Å². The number of aromatic nitrogens is 1. The van der Waals surface area contributed by atoms with E-state index in [4.69, 9.17) is 11.6 Å². The highest BCUT2D eigenvalue weighted by Crippen LogP contribution is 2.24. The highest BCUT2D eigenvalue weighted by Gasteiger charge is 2.16. The van der Waals surface area contributed by atoms with Crippen molar-refractivity contribution >= 4 is 22.5 Å². The molecule has 0 unspecified atom stereocenters. The summed E-state index contributed by atoms with van der Waals surface area (Å²) in [4.78, 5) is 4.54. The van der Waals surface area contributed by atoms with Gasteiger partial charge in [-0.05, 0) is 50.1 Å². The van der Waals surface area contributed by atoms with Gasteiger partial charge in [-0.1, -0.05) is 23.7 Å². The number of hydrogen-bond acceptors (Lipinski definition) is 1. The lowest BCUT2D eigenvalue weighted by atomic mass is 10.0. The van der Waals surface area contributed by atoms with Crippen LogP contribution in [-0.4, -0.2) is 4.98 Å². The number of fused-ring (bicyclic) bond motifs is 1. The summed E-state index contributed by atoms with van der Waals surface area (Å²) in [5, 5.41) is 3.47. The second kappa shape index (κ2) is 7.06.